The van der Waals surface area contributed by atoms with Gasteiger partial charge in [-0.2, -0.15) is 5.10 Å². The molecule has 1 fully saturated rings. The largest absolute Gasteiger partial charge is 0.378 e. The van der Waals surface area contributed by atoms with Gasteiger partial charge >= 0.3 is 6.03 Å². The van der Waals surface area contributed by atoms with Gasteiger partial charge in [0.2, 0.25) is 0 Å². The van der Waals surface area contributed by atoms with Crippen LogP contribution in [-0.2, 0) is 35.9 Å². The average Bonchev–Trinajstić information content (AvgIpc) is 3.15. The van der Waals surface area contributed by atoms with Crippen molar-refractivity contribution < 1.29 is 14.3 Å². The molecule has 1 aliphatic heterocycles. The summed E-state index contributed by atoms with van der Waals surface area (Å²) in [4.78, 5) is 12.1. The van der Waals surface area contributed by atoms with Crippen molar-refractivity contribution in [3.05, 3.63) is 17.0 Å². The van der Waals surface area contributed by atoms with Gasteiger partial charge in [0, 0.05) is 45.0 Å². The molecule has 7 heteroatoms. The van der Waals surface area contributed by atoms with Crippen molar-refractivity contribution in [2.45, 2.75) is 45.3 Å². The molecule has 1 aliphatic rings. The fraction of sp³-hybridized carbons (Fsp3) is 0.750. The van der Waals surface area contributed by atoms with Crippen molar-refractivity contribution in [2.75, 3.05) is 26.9 Å². The van der Waals surface area contributed by atoms with Crippen LogP contribution in [0.4, 0.5) is 4.79 Å². The zero-order valence-electron chi connectivity index (χ0n) is 14.6. The van der Waals surface area contributed by atoms with E-state index in [-0.39, 0.29) is 6.03 Å². The quantitative estimate of drug-likeness (QED) is 0.789. The van der Waals surface area contributed by atoms with Crippen molar-refractivity contribution in [1.82, 2.24) is 20.4 Å². The van der Waals surface area contributed by atoms with Crippen molar-refractivity contribution in [3.63, 3.8) is 0 Å². The Balaban J connectivity index is 1.89. The lowest BCUT2D eigenvalue weighted by atomic mass is 10.0. The van der Waals surface area contributed by atoms with Gasteiger partial charge in [-0.1, -0.05) is 13.8 Å². The van der Waals surface area contributed by atoms with E-state index in [0.717, 1.165) is 30.5 Å². The van der Waals surface area contributed by atoms with E-state index >= 15 is 0 Å². The monoisotopic (exact) mass is 324 g/mol. The Kier molecular flexibility index (Phi) is 6.01. The number of urea groups is 1. The number of nitrogens with zero attached hydrogens (tertiary/aromatic N) is 2. The molecule has 1 aromatic rings. The van der Waals surface area contributed by atoms with Crippen LogP contribution in [0.15, 0.2) is 0 Å². The Labute approximate surface area is 137 Å². The number of carbonyl (C=O) groups excluding carboxylic acids is 1. The van der Waals surface area contributed by atoms with Crippen LogP contribution in [0.1, 0.15) is 37.2 Å². The van der Waals surface area contributed by atoms with E-state index in [1.54, 1.807) is 7.11 Å². The molecule has 1 atom stereocenters. The lowest BCUT2D eigenvalue weighted by Crippen LogP contribution is -2.47. The van der Waals surface area contributed by atoms with Gasteiger partial charge < -0.3 is 20.1 Å². The molecule has 2 N–H and O–H groups in total. The first-order valence-corrected chi connectivity index (χ1v) is 8.23. The topological polar surface area (TPSA) is 77.4 Å². The number of carbonyl (C=O) groups is 1. The van der Waals surface area contributed by atoms with Gasteiger partial charge in [-0.3, -0.25) is 4.68 Å². The predicted octanol–water partition coefficient (Wildman–Crippen LogP) is 1.15. The van der Waals surface area contributed by atoms with E-state index in [0.29, 0.717) is 26.3 Å². The molecular formula is C16H28N4O3. The van der Waals surface area contributed by atoms with Crippen LogP contribution in [0.3, 0.4) is 0 Å². The number of nitrogens with one attached hydrogen (secondary N) is 2. The van der Waals surface area contributed by atoms with Crippen LogP contribution in [-0.4, -0.2) is 48.3 Å². The second-order valence-electron chi connectivity index (χ2n) is 5.93. The van der Waals surface area contributed by atoms with Crippen molar-refractivity contribution in [3.8, 4) is 0 Å². The third kappa shape index (κ3) is 4.03. The maximum absolute atomic E-state index is 12.1. The molecule has 0 radical (unpaired) electrons. The Morgan fingerprint density at radius 3 is 2.74 bits per heavy atom. The molecule has 7 nitrogen and oxygen atoms in total. The van der Waals surface area contributed by atoms with E-state index < -0.39 is 5.60 Å². The van der Waals surface area contributed by atoms with E-state index in [9.17, 15) is 4.79 Å². The highest BCUT2D eigenvalue weighted by Crippen LogP contribution is 2.21. The second-order valence-corrected chi connectivity index (χ2v) is 5.93. The van der Waals surface area contributed by atoms with E-state index in [1.807, 2.05) is 11.7 Å². The van der Waals surface area contributed by atoms with Gasteiger partial charge in [0.25, 0.3) is 0 Å². The standard InChI is InChI=1S/C16H28N4O3/c1-5-13-12(14(6-2)20(3)19-13)9-17-15(21)18-10-16(22-4)7-8-23-11-16/h5-11H2,1-4H3,(H2,17,18,21). The summed E-state index contributed by atoms with van der Waals surface area (Å²) in [5.74, 6) is 0. The molecule has 0 aromatic carbocycles. The molecule has 2 rings (SSSR count). The van der Waals surface area contributed by atoms with Gasteiger partial charge in [0.15, 0.2) is 0 Å². The summed E-state index contributed by atoms with van der Waals surface area (Å²) in [6, 6.07) is -0.193. The minimum atomic E-state index is -0.394. The molecule has 0 saturated carbocycles. The fourth-order valence-electron chi connectivity index (χ4n) is 3.03. The van der Waals surface area contributed by atoms with E-state index in [1.165, 1.54) is 5.69 Å². The van der Waals surface area contributed by atoms with Gasteiger partial charge in [0.1, 0.15) is 5.60 Å². The van der Waals surface area contributed by atoms with E-state index in [2.05, 4.69) is 29.6 Å². The third-order valence-corrected chi connectivity index (χ3v) is 4.52. The highest BCUT2D eigenvalue weighted by Gasteiger charge is 2.35. The van der Waals surface area contributed by atoms with Gasteiger partial charge in [0.05, 0.1) is 18.8 Å². The molecule has 2 heterocycles. The van der Waals surface area contributed by atoms with E-state index in [4.69, 9.17) is 9.47 Å². The lowest BCUT2D eigenvalue weighted by Gasteiger charge is -2.25. The molecule has 0 aliphatic carbocycles. The highest BCUT2D eigenvalue weighted by molar-refractivity contribution is 5.74. The summed E-state index contributed by atoms with van der Waals surface area (Å²) in [6.07, 6.45) is 2.55. The summed E-state index contributed by atoms with van der Waals surface area (Å²) in [5, 5.41) is 10.3. The molecule has 23 heavy (non-hydrogen) atoms. The van der Waals surface area contributed by atoms with Gasteiger partial charge in [-0.05, 0) is 12.8 Å². The summed E-state index contributed by atoms with van der Waals surface area (Å²) in [6.45, 7) is 6.31. The number of hydrogen-bond donors (Lipinski definition) is 2. The Morgan fingerprint density at radius 2 is 2.17 bits per heavy atom. The minimum absolute atomic E-state index is 0.193. The van der Waals surface area contributed by atoms with Crippen LogP contribution in [0.25, 0.3) is 0 Å². The van der Waals surface area contributed by atoms with Crippen LogP contribution < -0.4 is 10.6 Å². The number of methoxy groups -OCH3 is 1. The predicted molar refractivity (Wildman–Crippen MR) is 87.4 cm³/mol. The van der Waals surface area contributed by atoms with Crippen molar-refractivity contribution >= 4 is 6.03 Å². The Hall–Kier alpha value is -1.60. The molecule has 1 unspecified atom stereocenters. The Bertz CT molecular complexity index is 536. The van der Waals surface area contributed by atoms with Crippen LogP contribution in [0.5, 0.6) is 0 Å². The van der Waals surface area contributed by atoms with Crippen LogP contribution in [0.2, 0.25) is 0 Å². The molecular weight excluding hydrogens is 296 g/mol. The summed E-state index contributed by atoms with van der Waals surface area (Å²) >= 11 is 0. The van der Waals surface area contributed by atoms with Crippen molar-refractivity contribution in [1.29, 1.82) is 0 Å². The normalized spacial score (nSPS) is 20.7. The maximum atomic E-state index is 12.1. The SMILES string of the molecule is CCc1nn(C)c(CC)c1CNC(=O)NCC1(OC)CCOC1. The minimum Gasteiger partial charge on any atom is -0.378 e. The fourth-order valence-corrected chi connectivity index (χ4v) is 3.03. The number of aromatic nitrogens is 2. The number of aryl methyl sites for hydroxylation is 2. The number of rotatable bonds is 7. The number of hydrogen-bond acceptors (Lipinski definition) is 4. The van der Waals surface area contributed by atoms with Gasteiger partial charge in [-0.25, -0.2) is 4.79 Å². The zero-order valence-corrected chi connectivity index (χ0v) is 14.6. The molecule has 1 aromatic heterocycles. The summed E-state index contributed by atoms with van der Waals surface area (Å²) in [7, 11) is 3.61. The molecule has 130 valence electrons. The highest BCUT2D eigenvalue weighted by atomic mass is 16.5. The summed E-state index contributed by atoms with van der Waals surface area (Å²) < 4.78 is 12.8. The zero-order chi connectivity index (χ0) is 16.9. The molecule has 1 saturated heterocycles. The van der Waals surface area contributed by atoms with Gasteiger partial charge in [-0.15, -0.1) is 0 Å². The number of ether oxygens (including phenoxy) is 2. The molecule has 0 spiro atoms. The first-order chi connectivity index (χ1) is 11.0. The van der Waals surface area contributed by atoms with Crippen molar-refractivity contribution in [2.24, 2.45) is 7.05 Å². The first-order valence-electron chi connectivity index (χ1n) is 8.23. The van der Waals surface area contributed by atoms with Crippen LogP contribution >= 0.6 is 0 Å². The lowest BCUT2D eigenvalue weighted by molar-refractivity contribution is -0.0137. The summed E-state index contributed by atoms with van der Waals surface area (Å²) in [5.41, 5.74) is 2.94. The first kappa shape index (κ1) is 17.7. The molecule has 2 amide bonds. The number of amides is 2. The smallest absolute Gasteiger partial charge is 0.315 e. The van der Waals surface area contributed by atoms with Crippen LogP contribution in [0, 0.1) is 0 Å². The molecule has 0 bridgehead atoms. The second kappa shape index (κ2) is 7.79. The Morgan fingerprint density at radius 1 is 1.39 bits per heavy atom. The average molecular weight is 324 g/mol. The third-order valence-electron chi connectivity index (χ3n) is 4.52. The maximum Gasteiger partial charge on any atom is 0.315 e.